The highest BCUT2D eigenvalue weighted by molar-refractivity contribution is 6.04. The summed E-state index contributed by atoms with van der Waals surface area (Å²) in [7, 11) is 0. The van der Waals surface area contributed by atoms with Crippen LogP contribution in [0.4, 0.5) is 5.69 Å². The number of rotatable bonds is 4. The maximum absolute atomic E-state index is 4.87. The van der Waals surface area contributed by atoms with Gasteiger partial charge in [0.15, 0.2) is 0 Å². The van der Waals surface area contributed by atoms with E-state index in [0.717, 1.165) is 5.69 Å². The first kappa shape index (κ1) is 19.5. The molecule has 1 aliphatic carbocycles. The van der Waals surface area contributed by atoms with E-state index < -0.39 is 0 Å². The zero-order chi connectivity index (χ0) is 22.0. The van der Waals surface area contributed by atoms with Crippen LogP contribution in [0.3, 0.4) is 0 Å². The fourth-order valence-electron chi connectivity index (χ4n) is 4.90. The van der Waals surface area contributed by atoms with Gasteiger partial charge in [-0.05, 0) is 56.8 Å². The second kappa shape index (κ2) is 8.37. The Morgan fingerprint density at radius 2 is 1.27 bits per heavy atom. The van der Waals surface area contributed by atoms with Gasteiger partial charge in [-0.1, -0.05) is 109 Å². The molecule has 0 heterocycles. The summed E-state index contributed by atoms with van der Waals surface area (Å²) in [5, 5.41) is 2.46. The molecule has 0 aromatic heterocycles. The molecular weight excluding hydrogens is 398 g/mol. The minimum atomic E-state index is 0.158. The Bertz CT molecular complexity index is 1490. The van der Waals surface area contributed by atoms with Gasteiger partial charge >= 0.3 is 0 Å². The summed E-state index contributed by atoms with van der Waals surface area (Å²) in [5.41, 5.74) is 8.66. The number of hydrogen-bond acceptors (Lipinski definition) is 1. The van der Waals surface area contributed by atoms with E-state index in [1.165, 1.54) is 44.2 Å². The molecule has 33 heavy (non-hydrogen) atoms. The summed E-state index contributed by atoms with van der Waals surface area (Å²) in [6.45, 7) is 0. The largest absolute Gasteiger partial charge is 0.256 e. The minimum Gasteiger partial charge on any atom is -0.256 e. The zero-order valence-electron chi connectivity index (χ0n) is 18.2. The van der Waals surface area contributed by atoms with E-state index in [9.17, 15) is 0 Å². The van der Waals surface area contributed by atoms with Crippen LogP contribution in [-0.2, 0) is 0 Å². The van der Waals surface area contributed by atoms with E-state index in [2.05, 4.69) is 103 Å². The van der Waals surface area contributed by atoms with Crippen LogP contribution < -0.4 is 0 Å². The Hall–Kier alpha value is -4.23. The number of fused-ring (bicyclic) bond motifs is 2. The number of para-hydroxylation sites is 1. The van der Waals surface area contributed by atoms with Crippen LogP contribution in [-0.4, -0.2) is 6.21 Å². The van der Waals surface area contributed by atoms with Gasteiger partial charge in [-0.25, -0.2) is 0 Å². The molecule has 1 atom stereocenters. The average molecular weight is 422 g/mol. The van der Waals surface area contributed by atoms with Crippen LogP contribution in [0, 0.1) is 0 Å². The summed E-state index contributed by atoms with van der Waals surface area (Å²) in [4.78, 5) is 4.87. The highest BCUT2D eigenvalue weighted by Gasteiger charge is 2.29. The third kappa shape index (κ3) is 3.58. The van der Waals surface area contributed by atoms with Crippen molar-refractivity contribution in [1.29, 1.82) is 0 Å². The molecule has 0 radical (unpaired) electrons. The van der Waals surface area contributed by atoms with Crippen LogP contribution in [0.15, 0.2) is 126 Å². The first-order valence-electron chi connectivity index (χ1n) is 11.4. The third-order valence-corrected chi connectivity index (χ3v) is 6.45. The van der Waals surface area contributed by atoms with Crippen molar-refractivity contribution in [2.24, 2.45) is 4.99 Å². The summed E-state index contributed by atoms with van der Waals surface area (Å²) < 4.78 is 0. The molecule has 1 aliphatic rings. The molecule has 6 rings (SSSR count). The lowest BCUT2D eigenvalue weighted by molar-refractivity contribution is 1.07. The van der Waals surface area contributed by atoms with Gasteiger partial charge in [0.1, 0.15) is 0 Å². The smallest absolute Gasteiger partial charge is 0.0629 e. The zero-order valence-corrected chi connectivity index (χ0v) is 18.2. The molecule has 0 spiro atoms. The van der Waals surface area contributed by atoms with Gasteiger partial charge in [0.05, 0.1) is 5.69 Å². The van der Waals surface area contributed by atoms with E-state index in [0.29, 0.717) is 0 Å². The SMILES string of the molecule is C1=C(c2ccccc2)C(c2ccc3ccccc3c2/C=N/c2ccccc2)c2ccccc21. The topological polar surface area (TPSA) is 12.4 Å². The van der Waals surface area contributed by atoms with E-state index in [-0.39, 0.29) is 5.92 Å². The molecule has 0 amide bonds. The standard InChI is InChI=1S/C32H23N/c1-3-11-23(12-4-1)30-21-25-14-8-10-18-28(25)32(30)29-20-19-24-13-7-9-17-27(24)31(29)22-33-26-15-5-2-6-16-26/h1-22,32H/b33-22+. The van der Waals surface area contributed by atoms with Crippen LogP contribution in [0.1, 0.15) is 33.7 Å². The van der Waals surface area contributed by atoms with Gasteiger partial charge in [-0.2, -0.15) is 0 Å². The highest BCUT2D eigenvalue weighted by Crippen LogP contribution is 2.47. The fraction of sp³-hybridized carbons (Fsp3) is 0.0312. The maximum atomic E-state index is 4.87. The van der Waals surface area contributed by atoms with Gasteiger partial charge in [0.25, 0.3) is 0 Å². The molecule has 156 valence electrons. The van der Waals surface area contributed by atoms with Gasteiger partial charge in [-0.15, -0.1) is 0 Å². The lowest BCUT2D eigenvalue weighted by Gasteiger charge is -2.21. The van der Waals surface area contributed by atoms with Crippen molar-refractivity contribution in [3.8, 4) is 0 Å². The Morgan fingerprint density at radius 3 is 2.12 bits per heavy atom. The van der Waals surface area contributed by atoms with Crippen molar-refractivity contribution in [3.05, 3.63) is 149 Å². The van der Waals surface area contributed by atoms with Crippen molar-refractivity contribution >= 4 is 34.3 Å². The van der Waals surface area contributed by atoms with Crippen molar-refractivity contribution in [2.75, 3.05) is 0 Å². The molecular formula is C32H23N. The van der Waals surface area contributed by atoms with Gasteiger partial charge in [-0.3, -0.25) is 4.99 Å². The van der Waals surface area contributed by atoms with Crippen LogP contribution >= 0.6 is 0 Å². The van der Waals surface area contributed by atoms with E-state index in [1.54, 1.807) is 0 Å². The molecule has 1 nitrogen and oxygen atoms in total. The molecule has 5 aromatic rings. The molecule has 0 bridgehead atoms. The first-order valence-corrected chi connectivity index (χ1v) is 11.4. The lowest BCUT2D eigenvalue weighted by Crippen LogP contribution is -2.05. The molecule has 0 fully saturated rings. The predicted molar refractivity (Wildman–Crippen MR) is 140 cm³/mol. The number of benzene rings is 5. The van der Waals surface area contributed by atoms with Crippen molar-refractivity contribution in [2.45, 2.75) is 5.92 Å². The number of aliphatic imine (C=N–C) groups is 1. The van der Waals surface area contributed by atoms with Crippen molar-refractivity contribution in [3.63, 3.8) is 0 Å². The van der Waals surface area contributed by atoms with Crippen molar-refractivity contribution in [1.82, 2.24) is 0 Å². The Balaban J connectivity index is 1.59. The predicted octanol–water partition coefficient (Wildman–Crippen LogP) is 8.28. The molecule has 0 aliphatic heterocycles. The van der Waals surface area contributed by atoms with Crippen LogP contribution in [0.25, 0.3) is 22.4 Å². The quantitative estimate of drug-likeness (QED) is 0.259. The number of allylic oxidation sites excluding steroid dienone is 1. The van der Waals surface area contributed by atoms with Crippen molar-refractivity contribution < 1.29 is 0 Å². The molecule has 0 N–H and O–H groups in total. The summed E-state index contributed by atoms with van der Waals surface area (Å²) in [5.74, 6) is 0.158. The molecule has 5 aromatic carbocycles. The van der Waals surface area contributed by atoms with E-state index >= 15 is 0 Å². The Labute approximate surface area is 194 Å². The molecule has 0 saturated carbocycles. The summed E-state index contributed by atoms with van der Waals surface area (Å²) in [6, 6.07) is 42.8. The third-order valence-electron chi connectivity index (χ3n) is 6.45. The monoisotopic (exact) mass is 421 g/mol. The summed E-state index contributed by atoms with van der Waals surface area (Å²) in [6.07, 6.45) is 4.40. The fourth-order valence-corrected chi connectivity index (χ4v) is 4.90. The molecule has 1 unspecified atom stereocenters. The van der Waals surface area contributed by atoms with Crippen LogP contribution in [0.2, 0.25) is 0 Å². The number of nitrogens with zero attached hydrogens (tertiary/aromatic N) is 1. The summed E-state index contributed by atoms with van der Waals surface area (Å²) >= 11 is 0. The Kier molecular flexibility index (Phi) is 4.93. The van der Waals surface area contributed by atoms with Gasteiger partial charge in [0.2, 0.25) is 0 Å². The highest BCUT2D eigenvalue weighted by atomic mass is 14.7. The van der Waals surface area contributed by atoms with Gasteiger partial charge in [0, 0.05) is 17.7 Å². The minimum absolute atomic E-state index is 0.158. The normalized spacial score (nSPS) is 15.0. The first-order chi connectivity index (χ1) is 16.4. The average Bonchev–Trinajstić information content (AvgIpc) is 3.28. The lowest BCUT2D eigenvalue weighted by atomic mass is 9.82. The van der Waals surface area contributed by atoms with Gasteiger partial charge < -0.3 is 0 Å². The number of hydrogen-bond donors (Lipinski definition) is 0. The second-order valence-corrected chi connectivity index (χ2v) is 8.41. The van der Waals surface area contributed by atoms with E-state index in [1.807, 2.05) is 30.3 Å². The van der Waals surface area contributed by atoms with Crippen LogP contribution in [0.5, 0.6) is 0 Å². The van der Waals surface area contributed by atoms with E-state index in [4.69, 9.17) is 4.99 Å². The maximum Gasteiger partial charge on any atom is 0.0629 e. The molecule has 1 heteroatoms. The second-order valence-electron chi connectivity index (χ2n) is 8.41. The Morgan fingerprint density at radius 1 is 0.576 bits per heavy atom. The molecule has 0 saturated heterocycles.